The van der Waals surface area contributed by atoms with Crippen molar-refractivity contribution in [3.05, 3.63) is 51.7 Å². The van der Waals surface area contributed by atoms with Crippen LogP contribution in [0, 0.1) is 0 Å². The lowest BCUT2D eigenvalue weighted by atomic mass is 9.96. The Morgan fingerprint density at radius 3 is 2.85 bits per heavy atom. The maximum atomic E-state index is 3.22. The molecule has 2 heterocycles. The highest BCUT2D eigenvalue weighted by molar-refractivity contribution is 7.12. The lowest BCUT2D eigenvalue weighted by Gasteiger charge is -2.36. The number of nitrogens with zero attached hydrogens (tertiary/aromatic N) is 1. The van der Waals surface area contributed by atoms with Gasteiger partial charge >= 0.3 is 0 Å². The van der Waals surface area contributed by atoms with Crippen molar-refractivity contribution >= 4 is 17.0 Å². The molecule has 3 heteroatoms. The summed E-state index contributed by atoms with van der Waals surface area (Å²) in [5.41, 5.74) is 2.92. The van der Waals surface area contributed by atoms with E-state index in [1.165, 1.54) is 33.8 Å². The van der Waals surface area contributed by atoms with Gasteiger partial charge in [-0.15, -0.1) is 11.3 Å². The molecule has 0 fully saturated rings. The molecule has 1 aromatic heterocycles. The quantitative estimate of drug-likeness (QED) is 0.919. The van der Waals surface area contributed by atoms with E-state index in [4.69, 9.17) is 0 Å². The third-order valence-electron chi connectivity index (χ3n) is 4.06. The van der Waals surface area contributed by atoms with E-state index in [1.807, 2.05) is 18.4 Å². The van der Waals surface area contributed by atoms with Gasteiger partial charge in [0.25, 0.3) is 0 Å². The van der Waals surface area contributed by atoms with Crippen LogP contribution in [0.3, 0.4) is 0 Å². The molecule has 0 aliphatic carbocycles. The Balaban J connectivity index is 1.82. The molecule has 0 saturated heterocycles. The van der Waals surface area contributed by atoms with Crippen molar-refractivity contribution in [2.45, 2.75) is 38.9 Å². The summed E-state index contributed by atoms with van der Waals surface area (Å²) in [6.07, 6.45) is 2.47. The molecule has 0 bridgehead atoms. The smallest absolute Gasteiger partial charge is 0.0526 e. The molecule has 1 unspecified atom stereocenters. The van der Waals surface area contributed by atoms with Crippen LogP contribution in [-0.4, -0.2) is 13.1 Å². The molecular formula is C17H22N2S. The van der Waals surface area contributed by atoms with Crippen molar-refractivity contribution in [3.63, 3.8) is 0 Å². The maximum Gasteiger partial charge on any atom is 0.0526 e. The third kappa shape index (κ3) is 2.74. The van der Waals surface area contributed by atoms with Crippen LogP contribution in [0.2, 0.25) is 0 Å². The SMILES string of the molecule is CNCc1ccc(CN2c3ccccc3CCC2C)s1. The van der Waals surface area contributed by atoms with Crippen LogP contribution in [-0.2, 0) is 19.5 Å². The zero-order valence-electron chi connectivity index (χ0n) is 12.2. The Bertz CT molecular complexity index is 576. The number of hydrogen-bond donors (Lipinski definition) is 1. The minimum atomic E-state index is 0.625. The average molecular weight is 286 g/mol. The average Bonchev–Trinajstić information content (AvgIpc) is 2.90. The highest BCUT2D eigenvalue weighted by Crippen LogP contribution is 2.32. The summed E-state index contributed by atoms with van der Waals surface area (Å²) in [4.78, 5) is 5.44. The third-order valence-corrected chi connectivity index (χ3v) is 5.13. The summed E-state index contributed by atoms with van der Waals surface area (Å²) >= 11 is 1.92. The molecule has 0 saturated carbocycles. The van der Waals surface area contributed by atoms with Gasteiger partial charge in [-0.1, -0.05) is 18.2 Å². The topological polar surface area (TPSA) is 15.3 Å². The molecule has 1 aliphatic rings. The molecule has 20 heavy (non-hydrogen) atoms. The summed E-state index contributed by atoms with van der Waals surface area (Å²) in [5.74, 6) is 0. The fourth-order valence-electron chi connectivity index (χ4n) is 2.95. The number of thiophene rings is 1. The van der Waals surface area contributed by atoms with Crippen molar-refractivity contribution in [2.24, 2.45) is 0 Å². The molecule has 1 atom stereocenters. The minimum Gasteiger partial charge on any atom is -0.363 e. The summed E-state index contributed by atoms with van der Waals surface area (Å²) in [5, 5.41) is 3.22. The Morgan fingerprint density at radius 2 is 2.00 bits per heavy atom. The van der Waals surface area contributed by atoms with Crippen LogP contribution in [0.15, 0.2) is 36.4 Å². The van der Waals surface area contributed by atoms with Crippen molar-refractivity contribution in [3.8, 4) is 0 Å². The van der Waals surface area contributed by atoms with Crippen LogP contribution in [0.25, 0.3) is 0 Å². The van der Waals surface area contributed by atoms with Crippen LogP contribution < -0.4 is 10.2 Å². The van der Waals surface area contributed by atoms with Gasteiger partial charge in [0.15, 0.2) is 0 Å². The van der Waals surface area contributed by atoms with Gasteiger partial charge in [-0.05, 0) is 50.6 Å². The van der Waals surface area contributed by atoms with Gasteiger partial charge in [0.1, 0.15) is 0 Å². The normalized spacial score (nSPS) is 18.1. The number of aryl methyl sites for hydroxylation is 1. The van der Waals surface area contributed by atoms with Crippen LogP contribution >= 0.6 is 11.3 Å². The van der Waals surface area contributed by atoms with Crippen molar-refractivity contribution in [1.82, 2.24) is 5.32 Å². The molecule has 1 aliphatic heterocycles. The van der Waals surface area contributed by atoms with Gasteiger partial charge in [-0.2, -0.15) is 0 Å². The first kappa shape index (κ1) is 13.7. The van der Waals surface area contributed by atoms with E-state index in [0.29, 0.717) is 6.04 Å². The first-order valence-corrected chi connectivity index (χ1v) is 8.16. The van der Waals surface area contributed by atoms with Gasteiger partial charge in [-0.25, -0.2) is 0 Å². The predicted molar refractivity (Wildman–Crippen MR) is 87.5 cm³/mol. The second kappa shape index (κ2) is 5.98. The number of rotatable bonds is 4. The van der Waals surface area contributed by atoms with Crippen LogP contribution in [0.1, 0.15) is 28.7 Å². The van der Waals surface area contributed by atoms with Gasteiger partial charge in [0.2, 0.25) is 0 Å². The number of benzene rings is 1. The van der Waals surface area contributed by atoms with Gasteiger partial charge in [0, 0.05) is 28.0 Å². The number of fused-ring (bicyclic) bond motifs is 1. The van der Waals surface area contributed by atoms with Crippen molar-refractivity contribution in [2.75, 3.05) is 11.9 Å². The number of nitrogens with one attached hydrogen (secondary N) is 1. The first-order valence-electron chi connectivity index (χ1n) is 7.34. The largest absolute Gasteiger partial charge is 0.363 e. The fraction of sp³-hybridized carbons (Fsp3) is 0.412. The Hall–Kier alpha value is -1.32. The zero-order chi connectivity index (χ0) is 13.9. The molecule has 2 aromatic rings. The second-order valence-electron chi connectivity index (χ2n) is 5.54. The molecular weight excluding hydrogens is 264 g/mol. The van der Waals surface area contributed by atoms with Crippen LogP contribution in [0.5, 0.6) is 0 Å². The molecule has 0 amide bonds. The Kier molecular flexibility index (Phi) is 4.08. The van der Waals surface area contributed by atoms with Gasteiger partial charge < -0.3 is 10.2 Å². The van der Waals surface area contributed by atoms with E-state index >= 15 is 0 Å². The lowest BCUT2D eigenvalue weighted by Crippen LogP contribution is -2.36. The number of hydrogen-bond acceptors (Lipinski definition) is 3. The van der Waals surface area contributed by atoms with E-state index in [-0.39, 0.29) is 0 Å². The van der Waals surface area contributed by atoms with Crippen molar-refractivity contribution < 1.29 is 0 Å². The second-order valence-corrected chi connectivity index (χ2v) is 6.80. The molecule has 106 valence electrons. The monoisotopic (exact) mass is 286 g/mol. The Labute approximate surface area is 125 Å². The summed E-state index contributed by atoms with van der Waals surface area (Å²) in [6.45, 7) is 4.35. The van der Waals surface area contributed by atoms with E-state index in [2.05, 4.69) is 53.5 Å². The fourth-order valence-corrected chi connectivity index (χ4v) is 3.97. The lowest BCUT2D eigenvalue weighted by molar-refractivity contribution is 0.562. The van der Waals surface area contributed by atoms with E-state index in [9.17, 15) is 0 Å². The van der Waals surface area contributed by atoms with E-state index < -0.39 is 0 Å². The first-order chi connectivity index (χ1) is 9.78. The molecule has 1 aromatic carbocycles. The summed E-state index contributed by atoms with van der Waals surface area (Å²) in [7, 11) is 2.00. The number of anilines is 1. The van der Waals surface area contributed by atoms with Gasteiger partial charge in [-0.3, -0.25) is 0 Å². The van der Waals surface area contributed by atoms with Crippen molar-refractivity contribution in [1.29, 1.82) is 0 Å². The Morgan fingerprint density at radius 1 is 1.20 bits per heavy atom. The molecule has 1 N–H and O–H groups in total. The van der Waals surface area contributed by atoms with E-state index in [0.717, 1.165) is 13.1 Å². The highest BCUT2D eigenvalue weighted by Gasteiger charge is 2.22. The highest BCUT2D eigenvalue weighted by atomic mass is 32.1. The summed E-state index contributed by atoms with van der Waals surface area (Å²) < 4.78 is 0. The molecule has 0 radical (unpaired) electrons. The maximum absolute atomic E-state index is 3.22. The molecule has 0 spiro atoms. The summed E-state index contributed by atoms with van der Waals surface area (Å²) in [6, 6.07) is 14.0. The molecule has 2 nitrogen and oxygen atoms in total. The van der Waals surface area contributed by atoms with Crippen LogP contribution in [0.4, 0.5) is 5.69 Å². The van der Waals surface area contributed by atoms with Gasteiger partial charge in [0.05, 0.1) is 6.54 Å². The molecule has 3 rings (SSSR count). The standard InChI is InChI=1S/C17H22N2S/c1-13-7-8-14-5-3-4-6-17(14)19(13)12-16-10-9-15(20-16)11-18-2/h3-6,9-10,13,18H,7-8,11-12H2,1-2H3. The zero-order valence-corrected chi connectivity index (χ0v) is 13.0. The predicted octanol–water partition coefficient (Wildman–Crippen LogP) is 3.81. The van der Waals surface area contributed by atoms with E-state index in [1.54, 1.807) is 0 Å². The number of para-hydroxylation sites is 1. The minimum absolute atomic E-state index is 0.625.